The van der Waals surface area contributed by atoms with Crippen molar-refractivity contribution < 1.29 is 14.7 Å². The van der Waals surface area contributed by atoms with Crippen LogP contribution in [0.3, 0.4) is 0 Å². The molecule has 8 nitrogen and oxygen atoms in total. The number of aromatic nitrogens is 4. The number of aromatic amines is 1. The van der Waals surface area contributed by atoms with Crippen molar-refractivity contribution in [2.75, 3.05) is 13.1 Å². The van der Waals surface area contributed by atoms with E-state index in [1.807, 2.05) is 18.7 Å². The van der Waals surface area contributed by atoms with Gasteiger partial charge in [0.2, 0.25) is 5.91 Å². The minimum Gasteiger partial charge on any atom is -0.481 e. The molecule has 0 saturated carbocycles. The molecular formula is C15H25N5O3. The number of carbonyl (C=O) groups is 2. The van der Waals surface area contributed by atoms with Crippen LogP contribution in [-0.4, -0.2) is 55.6 Å². The Hall–Kier alpha value is -1.99. The first kappa shape index (κ1) is 17.4. The van der Waals surface area contributed by atoms with Crippen LogP contribution in [0.4, 0.5) is 0 Å². The number of H-pyrrole nitrogens is 1. The number of carboxylic acid groups (broad SMARTS) is 1. The van der Waals surface area contributed by atoms with Crippen molar-refractivity contribution in [1.82, 2.24) is 25.5 Å². The number of nitrogens with zero attached hydrogens (tertiary/aromatic N) is 4. The Morgan fingerprint density at radius 2 is 2.00 bits per heavy atom. The van der Waals surface area contributed by atoms with Gasteiger partial charge in [-0.25, -0.2) is 0 Å². The molecule has 1 aromatic rings. The minimum atomic E-state index is -0.823. The quantitative estimate of drug-likeness (QED) is 0.816. The first-order valence-electron chi connectivity index (χ1n) is 8.11. The predicted molar refractivity (Wildman–Crippen MR) is 82.5 cm³/mol. The highest BCUT2D eigenvalue weighted by Crippen LogP contribution is 2.36. The van der Waals surface area contributed by atoms with Crippen molar-refractivity contribution in [3.63, 3.8) is 0 Å². The third-order valence-corrected chi connectivity index (χ3v) is 4.78. The van der Waals surface area contributed by atoms with E-state index in [4.69, 9.17) is 0 Å². The Bertz CT molecular complexity index is 523. The molecule has 2 N–H and O–H groups in total. The van der Waals surface area contributed by atoms with Crippen LogP contribution in [0.25, 0.3) is 0 Å². The van der Waals surface area contributed by atoms with Gasteiger partial charge in [0.1, 0.15) is 0 Å². The summed E-state index contributed by atoms with van der Waals surface area (Å²) in [5.74, 6) is -0.707. The highest BCUT2D eigenvalue weighted by Gasteiger charge is 2.37. The molecule has 2 heterocycles. The summed E-state index contributed by atoms with van der Waals surface area (Å²) in [6.07, 6.45) is 2.48. The molecule has 1 aromatic heterocycles. The van der Waals surface area contributed by atoms with Gasteiger partial charge in [0.15, 0.2) is 5.82 Å². The maximum atomic E-state index is 11.7. The molecule has 128 valence electrons. The van der Waals surface area contributed by atoms with Gasteiger partial charge < -0.3 is 10.0 Å². The maximum Gasteiger partial charge on any atom is 0.307 e. The Labute approximate surface area is 135 Å². The van der Waals surface area contributed by atoms with Crippen LogP contribution in [0, 0.1) is 17.8 Å². The van der Waals surface area contributed by atoms with Crippen LogP contribution in [0.2, 0.25) is 0 Å². The Kier molecular flexibility index (Phi) is 5.68. The highest BCUT2D eigenvalue weighted by atomic mass is 16.4. The monoisotopic (exact) mass is 323 g/mol. The Morgan fingerprint density at radius 1 is 1.35 bits per heavy atom. The Morgan fingerprint density at radius 3 is 2.43 bits per heavy atom. The molecule has 0 radical (unpaired) electrons. The van der Waals surface area contributed by atoms with Gasteiger partial charge in [0, 0.05) is 25.9 Å². The van der Waals surface area contributed by atoms with E-state index in [1.165, 1.54) is 0 Å². The smallest absolute Gasteiger partial charge is 0.307 e. The molecule has 1 fully saturated rings. The van der Waals surface area contributed by atoms with Gasteiger partial charge in [0.25, 0.3) is 0 Å². The second-order valence-corrected chi connectivity index (χ2v) is 6.67. The maximum absolute atomic E-state index is 11.7. The number of hydrogen-bond donors (Lipinski definition) is 2. The fourth-order valence-corrected chi connectivity index (χ4v) is 3.50. The fraction of sp³-hybridized carbons (Fsp3) is 0.800. The fourth-order valence-electron chi connectivity index (χ4n) is 3.50. The van der Waals surface area contributed by atoms with Crippen molar-refractivity contribution in [3.8, 4) is 0 Å². The van der Waals surface area contributed by atoms with Gasteiger partial charge in [-0.2, -0.15) is 5.21 Å². The third kappa shape index (κ3) is 4.27. The minimum absolute atomic E-state index is 0.0201. The number of tetrazole rings is 1. The average Bonchev–Trinajstić information content (AvgIpc) is 3.00. The third-order valence-electron chi connectivity index (χ3n) is 4.78. The number of carboxylic acids is 1. The van der Waals surface area contributed by atoms with E-state index in [0.29, 0.717) is 18.2 Å². The van der Waals surface area contributed by atoms with Gasteiger partial charge in [-0.05, 0) is 31.1 Å². The van der Waals surface area contributed by atoms with E-state index in [0.717, 1.165) is 25.9 Å². The number of carbonyl (C=O) groups excluding carboxylic acids is 1. The van der Waals surface area contributed by atoms with Crippen molar-refractivity contribution in [2.45, 2.75) is 46.0 Å². The molecule has 8 heteroatoms. The molecule has 1 amide bonds. The van der Waals surface area contributed by atoms with E-state index in [-0.39, 0.29) is 17.7 Å². The molecule has 0 bridgehead atoms. The number of piperidine rings is 1. The zero-order valence-corrected chi connectivity index (χ0v) is 13.9. The summed E-state index contributed by atoms with van der Waals surface area (Å²) in [4.78, 5) is 25.0. The zero-order chi connectivity index (χ0) is 17.0. The average molecular weight is 323 g/mol. The molecule has 2 unspecified atom stereocenters. The molecule has 1 aliphatic rings. The van der Waals surface area contributed by atoms with E-state index < -0.39 is 11.9 Å². The molecule has 0 aliphatic carbocycles. The van der Waals surface area contributed by atoms with E-state index in [9.17, 15) is 14.7 Å². The molecule has 2 atom stereocenters. The largest absolute Gasteiger partial charge is 0.481 e. The zero-order valence-electron chi connectivity index (χ0n) is 13.9. The van der Waals surface area contributed by atoms with Crippen molar-refractivity contribution in [1.29, 1.82) is 0 Å². The van der Waals surface area contributed by atoms with E-state index in [2.05, 4.69) is 20.6 Å². The number of amides is 1. The molecule has 2 rings (SSSR count). The molecule has 0 aromatic carbocycles. The molecule has 0 spiro atoms. The molecule has 23 heavy (non-hydrogen) atoms. The summed E-state index contributed by atoms with van der Waals surface area (Å²) in [7, 11) is 0. The number of nitrogens with one attached hydrogen (secondary N) is 1. The van der Waals surface area contributed by atoms with Crippen LogP contribution in [0.5, 0.6) is 0 Å². The summed E-state index contributed by atoms with van der Waals surface area (Å²) in [5.41, 5.74) is 0. The number of rotatable bonds is 6. The van der Waals surface area contributed by atoms with Crippen LogP contribution in [0.1, 0.15) is 51.8 Å². The van der Waals surface area contributed by atoms with Crippen LogP contribution >= 0.6 is 0 Å². The molecule has 1 saturated heterocycles. The lowest BCUT2D eigenvalue weighted by Crippen LogP contribution is -2.38. The van der Waals surface area contributed by atoms with E-state index in [1.54, 1.807) is 6.92 Å². The van der Waals surface area contributed by atoms with E-state index >= 15 is 0 Å². The lowest BCUT2D eigenvalue weighted by molar-refractivity contribution is -0.144. The summed E-state index contributed by atoms with van der Waals surface area (Å²) >= 11 is 0. The first-order chi connectivity index (χ1) is 10.9. The topological polar surface area (TPSA) is 112 Å². The number of hydrogen-bond acceptors (Lipinski definition) is 5. The standard InChI is InChI=1S/C15H25N5O3/c1-9(2)13(15(22)23)12(14-16-18-19-17-14)8-11-4-6-20(7-5-11)10(3)21/h9,11-13H,4-8H2,1-3H3,(H,22,23)(H,16,17,18,19). The van der Waals surface area contributed by atoms with Gasteiger partial charge in [-0.1, -0.05) is 19.1 Å². The Balaban J connectivity index is 2.10. The van der Waals surface area contributed by atoms with Crippen LogP contribution in [0.15, 0.2) is 0 Å². The molecule has 1 aliphatic heterocycles. The number of aliphatic carboxylic acids is 1. The van der Waals surface area contributed by atoms with Crippen LogP contribution in [-0.2, 0) is 9.59 Å². The van der Waals surface area contributed by atoms with Gasteiger partial charge in [-0.15, -0.1) is 10.2 Å². The predicted octanol–water partition coefficient (Wildman–Crippen LogP) is 1.29. The second-order valence-electron chi connectivity index (χ2n) is 6.67. The highest BCUT2D eigenvalue weighted by molar-refractivity contribution is 5.73. The first-order valence-corrected chi connectivity index (χ1v) is 8.11. The van der Waals surface area contributed by atoms with Crippen molar-refractivity contribution >= 4 is 11.9 Å². The normalized spacial score (nSPS) is 18.9. The lowest BCUT2D eigenvalue weighted by atomic mass is 9.76. The van der Waals surface area contributed by atoms with Crippen molar-refractivity contribution in [2.24, 2.45) is 17.8 Å². The van der Waals surface area contributed by atoms with Gasteiger partial charge >= 0.3 is 5.97 Å². The molecular weight excluding hydrogens is 298 g/mol. The van der Waals surface area contributed by atoms with Gasteiger partial charge in [-0.3, -0.25) is 9.59 Å². The summed E-state index contributed by atoms with van der Waals surface area (Å²) in [6, 6.07) is 0. The SMILES string of the molecule is CC(=O)N1CCC(CC(c2nn[nH]n2)C(C(=O)O)C(C)C)CC1. The van der Waals surface area contributed by atoms with Crippen LogP contribution < -0.4 is 0 Å². The number of likely N-dealkylation sites (tertiary alicyclic amines) is 1. The summed E-state index contributed by atoms with van der Waals surface area (Å²) in [6.45, 7) is 6.87. The summed E-state index contributed by atoms with van der Waals surface area (Å²) < 4.78 is 0. The van der Waals surface area contributed by atoms with Crippen molar-refractivity contribution in [3.05, 3.63) is 5.82 Å². The van der Waals surface area contributed by atoms with Gasteiger partial charge in [0.05, 0.1) is 5.92 Å². The second kappa shape index (κ2) is 7.52. The summed E-state index contributed by atoms with van der Waals surface area (Å²) in [5, 5.41) is 23.7. The lowest BCUT2D eigenvalue weighted by Gasteiger charge is -2.34.